The van der Waals surface area contributed by atoms with Crippen LogP contribution in [0.3, 0.4) is 0 Å². The summed E-state index contributed by atoms with van der Waals surface area (Å²) in [5.41, 5.74) is 10.4. The Morgan fingerprint density at radius 1 is 1.15 bits per heavy atom. The van der Waals surface area contributed by atoms with Crippen LogP contribution in [-0.2, 0) is 11.2 Å². The molecular weight excluding hydrogens is 330 g/mol. The number of para-hydroxylation sites is 1. The Morgan fingerprint density at radius 3 is 2.73 bits per heavy atom. The standard InChI is InChI=1S/C20H17N3O3/c21-15-4-2-1-3-13(15)11-5-7-16-14(9-11)18-12(6-8-17(24)25)10-22-19(18)20(26)23-16/h1-5,7,9-10,22H,6,8,21H2,(H,23,26)(H,24,25). The number of nitrogens with one attached hydrogen (secondary N) is 2. The molecule has 0 amide bonds. The minimum atomic E-state index is -0.869. The van der Waals surface area contributed by atoms with Gasteiger partial charge in [0.15, 0.2) is 0 Å². The lowest BCUT2D eigenvalue weighted by Gasteiger charge is -2.09. The lowest BCUT2D eigenvalue weighted by Crippen LogP contribution is -2.06. The van der Waals surface area contributed by atoms with Gasteiger partial charge < -0.3 is 20.8 Å². The van der Waals surface area contributed by atoms with Gasteiger partial charge in [-0.15, -0.1) is 0 Å². The van der Waals surface area contributed by atoms with Crippen LogP contribution in [0.2, 0.25) is 0 Å². The van der Waals surface area contributed by atoms with Crippen LogP contribution in [0.4, 0.5) is 5.69 Å². The number of carbonyl (C=O) groups is 1. The zero-order valence-corrected chi connectivity index (χ0v) is 13.9. The maximum Gasteiger partial charge on any atom is 0.303 e. The van der Waals surface area contributed by atoms with Gasteiger partial charge in [0.25, 0.3) is 5.56 Å². The van der Waals surface area contributed by atoms with Crippen molar-refractivity contribution in [3.63, 3.8) is 0 Å². The van der Waals surface area contributed by atoms with Crippen molar-refractivity contribution in [2.45, 2.75) is 12.8 Å². The number of aromatic amines is 2. The Kier molecular flexibility index (Phi) is 3.73. The van der Waals surface area contributed by atoms with Crippen LogP contribution in [-0.4, -0.2) is 21.0 Å². The van der Waals surface area contributed by atoms with Gasteiger partial charge in [0.1, 0.15) is 5.52 Å². The smallest absolute Gasteiger partial charge is 0.303 e. The zero-order valence-electron chi connectivity index (χ0n) is 13.9. The lowest BCUT2D eigenvalue weighted by molar-refractivity contribution is -0.136. The normalized spacial score (nSPS) is 11.2. The summed E-state index contributed by atoms with van der Waals surface area (Å²) in [7, 11) is 0. The van der Waals surface area contributed by atoms with E-state index in [0.717, 1.165) is 27.5 Å². The summed E-state index contributed by atoms with van der Waals surface area (Å²) in [5.74, 6) is -0.869. The number of benzene rings is 2. The number of rotatable bonds is 4. The number of anilines is 1. The van der Waals surface area contributed by atoms with Gasteiger partial charge in [-0.2, -0.15) is 0 Å². The topological polar surface area (TPSA) is 112 Å². The number of carboxylic acids is 1. The highest BCUT2D eigenvalue weighted by atomic mass is 16.4. The van der Waals surface area contributed by atoms with E-state index < -0.39 is 5.97 Å². The molecule has 130 valence electrons. The Balaban J connectivity index is 1.99. The summed E-state index contributed by atoms with van der Waals surface area (Å²) in [4.78, 5) is 29.1. The van der Waals surface area contributed by atoms with Crippen LogP contribution >= 0.6 is 0 Å². The maximum absolute atomic E-state index is 12.3. The molecule has 26 heavy (non-hydrogen) atoms. The highest BCUT2D eigenvalue weighted by Gasteiger charge is 2.14. The number of aliphatic carboxylic acids is 1. The molecule has 0 spiro atoms. The number of aromatic nitrogens is 2. The van der Waals surface area contributed by atoms with E-state index in [-0.39, 0.29) is 12.0 Å². The number of hydrogen-bond donors (Lipinski definition) is 4. The van der Waals surface area contributed by atoms with E-state index in [1.54, 1.807) is 6.20 Å². The first-order chi connectivity index (χ1) is 12.5. The van der Waals surface area contributed by atoms with Crippen molar-refractivity contribution in [1.29, 1.82) is 0 Å². The molecule has 4 aromatic rings. The number of aryl methyl sites for hydroxylation is 1. The van der Waals surface area contributed by atoms with Crippen molar-refractivity contribution in [1.82, 2.24) is 9.97 Å². The maximum atomic E-state index is 12.3. The van der Waals surface area contributed by atoms with Crippen molar-refractivity contribution in [2.75, 3.05) is 5.73 Å². The van der Waals surface area contributed by atoms with Crippen molar-refractivity contribution in [2.24, 2.45) is 0 Å². The Hall–Kier alpha value is -3.54. The van der Waals surface area contributed by atoms with Crippen LogP contribution in [0.1, 0.15) is 12.0 Å². The molecule has 6 nitrogen and oxygen atoms in total. The summed E-state index contributed by atoms with van der Waals surface area (Å²) in [6, 6.07) is 13.3. The molecule has 0 radical (unpaired) electrons. The molecule has 0 saturated heterocycles. The van der Waals surface area contributed by atoms with E-state index in [0.29, 0.717) is 23.1 Å². The second-order valence-electron chi connectivity index (χ2n) is 6.26. The molecule has 0 unspecified atom stereocenters. The van der Waals surface area contributed by atoms with E-state index in [9.17, 15) is 9.59 Å². The Morgan fingerprint density at radius 2 is 1.96 bits per heavy atom. The average Bonchev–Trinajstić information content (AvgIpc) is 3.05. The average molecular weight is 347 g/mol. The first kappa shape index (κ1) is 16.0. The number of nitrogens with two attached hydrogens (primary N) is 1. The van der Waals surface area contributed by atoms with Gasteiger partial charge in [0, 0.05) is 40.2 Å². The molecule has 0 bridgehead atoms. The minimum absolute atomic E-state index is 0.00652. The molecule has 2 aromatic heterocycles. The monoisotopic (exact) mass is 347 g/mol. The van der Waals surface area contributed by atoms with Crippen LogP contribution in [0, 0.1) is 0 Å². The molecule has 0 aliphatic heterocycles. The van der Waals surface area contributed by atoms with Crippen LogP contribution in [0.5, 0.6) is 0 Å². The minimum Gasteiger partial charge on any atom is -0.481 e. The third kappa shape index (κ3) is 2.61. The fourth-order valence-corrected chi connectivity index (χ4v) is 3.36. The summed E-state index contributed by atoms with van der Waals surface area (Å²) >= 11 is 0. The summed E-state index contributed by atoms with van der Waals surface area (Å²) in [6.07, 6.45) is 2.07. The Labute approximate surface area is 148 Å². The van der Waals surface area contributed by atoms with Crippen molar-refractivity contribution < 1.29 is 9.90 Å². The van der Waals surface area contributed by atoms with Crippen LogP contribution in [0.15, 0.2) is 53.5 Å². The summed E-state index contributed by atoms with van der Waals surface area (Å²) < 4.78 is 0. The predicted molar refractivity (Wildman–Crippen MR) is 102 cm³/mol. The van der Waals surface area contributed by atoms with Crippen LogP contribution < -0.4 is 11.3 Å². The number of fused-ring (bicyclic) bond motifs is 3. The largest absolute Gasteiger partial charge is 0.481 e. The van der Waals surface area contributed by atoms with E-state index in [1.165, 1.54) is 0 Å². The number of H-pyrrole nitrogens is 2. The first-order valence-electron chi connectivity index (χ1n) is 8.27. The van der Waals surface area contributed by atoms with E-state index in [1.807, 2.05) is 42.5 Å². The number of hydrogen-bond acceptors (Lipinski definition) is 3. The second kappa shape index (κ2) is 6.07. The van der Waals surface area contributed by atoms with Gasteiger partial charge in [-0.25, -0.2) is 0 Å². The predicted octanol–water partition coefficient (Wildman–Crippen LogP) is 3.28. The molecule has 0 saturated carbocycles. The molecule has 5 N–H and O–H groups in total. The first-order valence-corrected chi connectivity index (χ1v) is 8.27. The lowest BCUT2D eigenvalue weighted by atomic mass is 9.98. The van der Waals surface area contributed by atoms with E-state index in [4.69, 9.17) is 10.8 Å². The fourth-order valence-electron chi connectivity index (χ4n) is 3.36. The number of nitrogen functional groups attached to an aromatic ring is 1. The molecular formula is C20H17N3O3. The molecule has 0 atom stereocenters. The van der Waals surface area contributed by atoms with Gasteiger partial charge in [0.2, 0.25) is 0 Å². The number of pyridine rings is 1. The highest BCUT2D eigenvalue weighted by molar-refractivity contribution is 6.07. The van der Waals surface area contributed by atoms with Gasteiger partial charge in [-0.1, -0.05) is 24.3 Å². The zero-order chi connectivity index (χ0) is 18.3. The Bertz CT molecular complexity index is 1200. The highest BCUT2D eigenvalue weighted by Crippen LogP contribution is 2.32. The SMILES string of the molecule is Nc1ccccc1-c1ccc2[nH]c(=O)c3[nH]cc(CCC(=O)O)c3c2c1. The second-order valence-corrected chi connectivity index (χ2v) is 6.26. The molecule has 0 aliphatic carbocycles. The quantitative estimate of drug-likeness (QED) is 0.424. The molecule has 2 aromatic carbocycles. The van der Waals surface area contributed by atoms with Crippen molar-refractivity contribution in [3.8, 4) is 11.1 Å². The van der Waals surface area contributed by atoms with Crippen LogP contribution in [0.25, 0.3) is 32.9 Å². The number of carboxylic acid groups (broad SMARTS) is 1. The fraction of sp³-hybridized carbons (Fsp3) is 0.100. The molecule has 0 fully saturated rings. The van der Waals surface area contributed by atoms with Gasteiger partial charge in [-0.05, 0) is 35.7 Å². The molecule has 6 heteroatoms. The summed E-state index contributed by atoms with van der Waals surface area (Å²) in [5, 5.41) is 10.6. The summed E-state index contributed by atoms with van der Waals surface area (Å²) in [6.45, 7) is 0. The van der Waals surface area contributed by atoms with Gasteiger partial charge >= 0.3 is 5.97 Å². The van der Waals surface area contributed by atoms with Crippen molar-refractivity contribution >= 4 is 33.5 Å². The molecule has 2 heterocycles. The third-order valence-electron chi connectivity index (χ3n) is 4.61. The van der Waals surface area contributed by atoms with E-state index >= 15 is 0 Å². The van der Waals surface area contributed by atoms with Gasteiger partial charge in [0.05, 0.1) is 0 Å². The van der Waals surface area contributed by atoms with Crippen molar-refractivity contribution in [3.05, 3.63) is 64.6 Å². The van der Waals surface area contributed by atoms with E-state index in [2.05, 4.69) is 9.97 Å². The molecule has 0 aliphatic rings. The molecule has 4 rings (SSSR count). The van der Waals surface area contributed by atoms with Gasteiger partial charge in [-0.3, -0.25) is 9.59 Å². The third-order valence-corrected chi connectivity index (χ3v) is 4.61.